The molecule has 1 saturated carbocycles. The molecular formula is C30H33FN4O2. The standard InChI is InChI=1S/C30H33FN4O2/c1-3-21-7-6-8-24(18-21)35-28(17-20(2)33-35)30(37)32-26-19-23(13-14-25(26)31)27(15-12-22-10-11-22)34-16-5-4-9-29(34)36/h5-8,13-14,16-19,22,27H,3-4,9-12,15H2,1-2H3,(H,32,37). The van der Waals surface area contributed by atoms with Gasteiger partial charge >= 0.3 is 0 Å². The largest absolute Gasteiger partial charge is 0.318 e. The molecule has 1 unspecified atom stereocenters. The zero-order valence-corrected chi connectivity index (χ0v) is 21.4. The highest BCUT2D eigenvalue weighted by Gasteiger charge is 2.29. The molecule has 6 nitrogen and oxygen atoms in total. The normalized spacial score (nSPS) is 16.2. The summed E-state index contributed by atoms with van der Waals surface area (Å²) in [6, 6.07) is 14.2. The minimum atomic E-state index is -0.519. The van der Waals surface area contributed by atoms with E-state index in [1.165, 1.54) is 18.9 Å². The van der Waals surface area contributed by atoms with Crippen LogP contribution in [0.5, 0.6) is 0 Å². The second kappa shape index (κ2) is 10.7. The number of carbonyl (C=O) groups is 2. The Balaban J connectivity index is 1.43. The molecule has 0 radical (unpaired) electrons. The van der Waals surface area contributed by atoms with E-state index in [9.17, 15) is 14.0 Å². The van der Waals surface area contributed by atoms with Crippen LogP contribution in [-0.2, 0) is 11.2 Å². The molecule has 1 fully saturated rings. The molecule has 1 aromatic heterocycles. The van der Waals surface area contributed by atoms with Gasteiger partial charge < -0.3 is 10.2 Å². The predicted octanol–water partition coefficient (Wildman–Crippen LogP) is 6.50. The van der Waals surface area contributed by atoms with Gasteiger partial charge in [0, 0.05) is 12.6 Å². The molecule has 1 aliphatic heterocycles. The van der Waals surface area contributed by atoms with Gasteiger partial charge in [0.1, 0.15) is 11.5 Å². The Hall–Kier alpha value is -3.74. The lowest BCUT2D eigenvalue weighted by molar-refractivity contribution is -0.131. The van der Waals surface area contributed by atoms with E-state index in [1.807, 2.05) is 43.5 Å². The number of rotatable bonds is 9. The summed E-state index contributed by atoms with van der Waals surface area (Å²) >= 11 is 0. The minimum absolute atomic E-state index is 0.0758. The average molecular weight is 501 g/mol. The number of nitrogens with zero attached hydrogens (tertiary/aromatic N) is 3. The van der Waals surface area contributed by atoms with E-state index < -0.39 is 11.7 Å². The zero-order valence-electron chi connectivity index (χ0n) is 21.4. The number of aryl methyl sites for hydroxylation is 2. The van der Waals surface area contributed by atoms with Crippen LogP contribution in [0.2, 0.25) is 0 Å². The van der Waals surface area contributed by atoms with Crippen LogP contribution < -0.4 is 5.32 Å². The second-order valence-electron chi connectivity index (χ2n) is 10.1. The van der Waals surface area contributed by atoms with Gasteiger partial charge in [-0.1, -0.05) is 44.0 Å². The van der Waals surface area contributed by atoms with Crippen LogP contribution in [0.1, 0.15) is 78.8 Å². The molecule has 1 aliphatic carbocycles. The Labute approximate surface area is 217 Å². The first-order valence-electron chi connectivity index (χ1n) is 13.2. The molecule has 1 N–H and O–H groups in total. The fourth-order valence-corrected chi connectivity index (χ4v) is 4.95. The lowest BCUT2D eigenvalue weighted by atomic mass is 9.97. The fraction of sp³-hybridized carbons (Fsp3) is 0.367. The molecule has 0 saturated heterocycles. The number of allylic oxidation sites excluding steroid dienone is 1. The summed E-state index contributed by atoms with van der Waals surface area (Å²) in [5.41, 5.74) is 3.85. The Morgan fingerprint density at radius 1 is 1.19 bits per heavy atom. The van der Waals surface area contributed by atoms with Gasteiger partial charge in [-0.15, -0.1) is 0 Å². The Morgan fingerprint density at radius 2 is 2.03 bits per heavy atom. The lowest BCUT2D eigenvalue weighted by Crippen LogP contribution is -2.32. The first kappa shape index (κ1) is 24.9. The summed E-state index contributed by atoms with van der Waals surface area (Å²) in [6.07, 6.45) is 10.2. The number of amides is 2. The van der Waals surface area contributed by atoms with Gasteiger partial charge in [0.2, 0.25) is 5.91 Å². The van der Waals surface area contributed by atoms with Crippen LogP contribution in [0, 0.1) is 18.7 Å². The molecule has 0 spiro atoms. The van der Waals surface area contributed by atoms with Gasteiger partial charge in [-0.2, -0.15) is 5.10 Å². The van der Waals surface area contributed by atoms with E-state index in [0.29, 0.717) is 23.7 Å². The van der Waals surface area contributed by atoms with Gasteiger partial charge in [-0.05, 0) is 80.0 Å². The molecule has 5 rings (SSSR count). The van der Waals surface area contributed by atoms with Crippen molar-refractivity contribution in [2.24, 2.45) is 5.92 Å². The van der Waals surface area contributed by atoms with Gasteiger partial charge in [-0.25, -0.2) is 9.07 Å². The number of halogens is 1. The monoisotopic (exact) mass is 500 g/mol. The summed E-state index contributed by atoms with van der Waals surface area (Å²) in [5.74, 6) is -0.177. The zero-order chi connectivity index (χ0) is 25.9. The van der Waals surface area contributed by atoms with E-state index in [2.05, 4.69) is 17.3 Å². The number of hydrogen-bond acceptors (Lipinski definition) is 3. The topological polar surface area (TPSA) is 67.2 Å². The first-order chi connectivity index (χ1) is 17.9. The third-order valence-corrected chi connectivity index (χ3v) is 7.21. The van der Waals surface area contributed by atoms with E-state index >= 15 is 0 Å². The number of carbonyl (C=O) groups excluding carboxylic acids is 2. The van der Waals surface area contributed by atoms with Crippen molar-refractivity contribution in [1.82, 2.24) is 14.7 Å². The smallest absolute Gasteiger partial charge is 0.274 e. The molecular weight excluding hydrogens is 467 g/mol. The molecule has 2 heterocycles. The SMILES string of the molecule is CCc1cccc(-n2nc(C)cc2C(=O)Nc2cc(C(CCC3CC3)N3C=CCCC3=O)ccc2F)c1. The number of benzene rings is 2. The predicted molar refractivity (Wildman–Crippen MR) is 142 cm³/mol. The van der Waals surface area contributed by atoms with Crippen molar-refractivity contribution in [3.05, 3.63) is 89.1 Å². The number of nitrogens with one attached hydrogen (secondary N) is 1. The molecule has 3 aromatic rings. The number of aromatic nitrogens is 2. The third kappa shape index (κ3) is 5.66. The van der Waals surface area contributed by atoms with Gasteiger partial charge in [0.05, 0.1) is 23.1 Å². The molecule has 2 amide bonds. The van der Waals surface area contributed by atoms with Crippen molar-refractivity contribution in [3.63, 3.8) is 0 Å². The van der Waals surface area contributed by atoms with E-state index in [4.69, 9.17) is 0 Å². The van der Waals surface area contributed by atoms with Crippen LogP contribution in [0.15, 0.2) is 60.8 Å². The third-order valence-electron chi connectivity index (χ3n) is 7.21. The van der Waals surface area contributed by atoms with E-state index in [-0.39, 0.29) is 17.6 Å². The van der Waals surface area contributed by atoms with Crippen molar-refractivity contribution in [2.75, 3.05) is 5.32 Å². The lowest BCUT2D eigenvalue weighted by Gasteiger charge is -2.32. The molecule has 37 heavy (non-hydrogen) atoms. The summed E-state index contributed by atoms with van der Waals surface area (Å²) < 4.78 is 16.5. The summed E-state index contributed by atoms with van der Waals surface area (Å²) in [4.78, 5) is 27.9. The van der Waals surface area contributed by atoms with Gasteiger partial charge in [0.25, 0.3) is 5.91 Å². The second-order valence-corrected chi connectivity index (χ2v) is 10.1. The Bertz CT molecular complexity index is 1340. The highest BCUT2D eigenvalue weighted by Crippen LogP contribution is 2.39. The van der Waals surface area contributed by atoms with Crippen LogP contribution in [-0.4, -0.2) is 26.5 Å². The summed E-state index contributed by atoms with van der Waals surface area (Å²) in [5, 5.41) is 7.28. The average Bonchev–Trinajstić information content (AvgIpc) is 3.65. The van der Waals surface area contributed by atoms with Crippen molar-refractivity contribution in [3.8, 4) is 5.69 Å². The molecule has 2 aromatic carbocycles. The maximum absolute atomic E-state index is 14.9. The van der Waals surface area contributed by atoms with Gasteiger partial charge in [-0.3, -0.25) is 9.59 Å². The van der Waals surface area contributed by atoms with E-state index in [1.54, 1.807) is 27.8 Å². The van der Waals surface area contributed by atoms with Crippen LogP contribution in [0.4, 0.5) is 10.1 Å². The number of anilines is 1. The maximum atomic E-state index is 14.9. The molecule has 0 bridgehead atoms. The maximum Gasteiger partial charge on any atom is 0.274 e. The molecule has 2 aliphatic rings. The first-order valence-corrected chi connectivity index (χ1v) is 13.2. The van der Waals surface area contributed by atoms with Crippen molar-refractivity contribution in [2.45, 2.75) is 64.8 Å². The summed E-state index contributed by atoms with van der Waals surface area (Å²) in [7, 11) is 0. The van der Waals surface area contributed by atoms with E-state index in [0.717, 1.165) is 42.5 Å². The van der Waals surface area contributed by atoms with Crippen LogP contribution in [0.25, 0.3) is 5.69 Å². The highest BCUT2D eigenvalue weighted by molar-refractivity contribution is 6.03. The molecule has 1 atom stereocenters. The highest BCUT2D eigenvalue weighted by atomic mass is 19.1. The summed E-state index contributed by atoms with van der Waals surface area (Å²) in [6.45, 7) is 3.90. The van der Waals surface area contributed by atoms with Crippen molar-refractivity contribution < 1.29 is 14.0 Å². The molecule has 192 valence electrons. The quantitative estimate of drug-likeness (QED) is 0.365. The number of hydrogen-bond donors (Lipinski definition) is 1. The minimum Gasteiger partial charge on any atom is -0.318 e. The van der Waals surface area contributed by atoms with Crippen LogP contribution in [0.3, 0.4) is 0 Å². The van der Waals surface area contributed by atoms with Gasteiger partial charge in [0.15, 0.2) is 0 Å². The van der Waals surface area contributed by atoms with Crippen molar-refractivity contribution in [1.29, 1.82) is 0 Å². The fourth-order valence-electron chi connectivity index (χ4n) is 4.95. The Kier molecular flexibility index (Phi) is 7.22. The van der Waals surface area contributed by atoms with Crippen LogP contribution >= 0.6 is 0 Å². The van der Waals surface area contributed by atoms with Crippen molar-refractivity contribution >= 4 is 17.5 Å². The Morgan fingerprint density at radius 3 is 2.78 bits per heavy atom. The molecule has 7 heteroatoms.